The second-order valence-corrected chi connectivity index (χ2v) is 6.27. The van der Waals surface area contributed by atoms with E-state index in [-0.39, 0.29) is 0 Å². The van der Waals surface area contributed by atoms with Crippen LogP contribution < -0.4 is 5.32 Å². The van der Waals surface area contributed by atoms with Gasteiger partial charge in [-0.2, -0.15) is 0 Å². The lowest BCUT2D eigenvalue weighted by atomic mass is 10.1. The Bertz CT molecular complexity index is 532. The van der Waals surface area contributed by atoms with Gasteiger partial charge in [0.1, 0.15) is 0 Å². The maximum absolute atomic E-state index is 3.53. The predicted octanol–water partition coefficient (Wildman–Crippen LogP) is 4.68. The van der Waals surface area contributed by atoms with Crippen molar-refractivity contribution in [3.05, 3.63) is 64.1 Å². The molecular formula is C17H21BrN2. The number of hydrogen-bond donors (Lipinski definition) is 1. The Morgan fingerprint density at radius 2 is 1.60 bits per heavy atom. The summed E-state index contributed by atoms with van der Waals surface area (Å²) >= 11 is 3.46. The first kappa shape index (κ1) is 15.1. The van der Waals surface area contributed by atoms with Crippen molar-refractivity contribution in [3.63, 3.8) is 0 Å². The fourth-order valence-corrected chi connectivity index (χ4v) is 2.42. The largest absolute Gasteiger partial charge is 0.379 e. The number of nitrogens with zero attached hydrogens (tertiary/aromatic N) is 1. The monoisotopic (exact) mass is 332 g/mol. The number of halogens is 1. The van der Waals surface area contributed by atoms with Crippen LogP contribution in [0.3, 0.4) is 0 Å². The van der Waals surface area contributed by atoms with E-state index >= 15 is 0 Å². The van der Waals surface area contributed by atoms with E-state index < -0.39 is 0 Å². The van der Waals surface area contributed by atoms with Crippen LogP contribution >= 0.6 is 15.9 Å². The Balaban J connectivity index is 2.00. The quantitative estimate of drug-likeness (QED) is 0.854. The predicted molar refractivity (Wildman–Crippen MR) is 90.0 cm³/mol. The molecule has 2 rings (SSSR count). The van der Waals surface area contributed by atoms with E-state index in [0.717, 1.165) is 16.7 Å². The average Bonchev–Trinajstić information content (AvgIpc) is 2.41. The highest BCUT2D eigenvalue weighted by Gasteiger charge is 2.05. The number of benzene rings is 2. The molecule has 3 heteroatoms. The Morgan fingerprint density at radius 1 is 1.00 bits per heavy atom. The summed E-state index contributed by atoms with van der Waals surface area (Å²) in [5.41, 5.74) is 3.77. The maximum atomic E-state index is 3.53. The number of anilines is 1. The van der Waals surface area contributed by atoms with Gasteiger partial charge >= 0.3 is 0 Å². The van der Waals surface area contributed by atoms with Crippen molar-refractivity contribution >= 4 is 21.6 Å². The van der Waals surface area contributed by atoms with Crippen molar-refractivity contribution in [1.82, 2.24) is 4.90 Å². The molecule has 20 heavy (non-hydrogen) atoms. The van der Waals surface area contributed by atoms with Gasteiger partial charge in [0.25, 0.3) is 0 Å². The summed E-state index contributed by atoms with van der Waals surface area (Å²) in [6, 6.07) is 17.4. The van der Waals surface area contributed by atoms with Gasteiger partial charge in [0.15, 0.2) is 0 Å². The fourth-order valence-electron chi connectivity index (χ4n) is 2.16. The summed E-state index contributed by atoms with van der Waals surface area (Å²) in [6.07, 6.45) is 0. The summed E-state index contributed by atoms with van der Waals surface area (Å²) in [6.45, 7) is 3.15. The molecule has 1 N–H and O–H groups in total. The van der Waals surface area contributed by atoms with E-state index in [1.807, 2.05) is 0 Å². The highest BCUT2D eigenvalue weighted by Crippen LogP contribution is 2.21. The van der Waals surface area contributed by atoms with Crippen molar-refractivity contribution in [3.8, 4) is 0 Å². The van der Waals surface area contributed by atoms with Gasteiger partial charge in [0.2, 0.25) is 0 Å². The summed E-state index contributed by atoms with van der Waals surface area (Å²) in [7, 11) is 4.17. The van der Waals surface area contributed by atoms with Gasteiger partial charge in [-0.3, -0.25) is 0 Å². The van der Waals surface area contributed by atoms with Gasteiger partial charge < -0.3 is 10.2 Å². The molecule has 0 heterocycles. The molecule has 0 bridgehead atoms. The first-order valence-electron chi connectivity index (χ1n) is 6.80. The van der Waals surface area contributed by atoms with Gasteiger partial charge in [-0.15, -0.1) is 0 Å². The van der Waals surface area contributed by atoms with Crippen LogP contribution in [0.2, 0.25) is 0 Å². The van der Waals surface area contributed by atoms with Crippen molar-refractivity contribution in [2.75, 3.05) is 19.4 Å². The molecular weight excluding hydrogens is 312 g/mol. The molecule has 0 aromatic heterocycles. The number of rotatable bonds is 5. The molecule has 0 saturated carbocycles. The van der Waals surface area contributed by atoms with Crippen LogP contribution in [0.4, 0.5) is 5.69 Å². The third-order valence-electron chi connectivity index (χ3n) is 3.21. The van der Waals surface area contributed by atoms with Gasteiger partial charge in [-0.25, -0.2) is 0 Å². The minimum Gasteiger partial charge on any atom is -0.379 e. The summed E-state index contributed by atoms with van der Waals surface area (Å²) < 4.78 is 1.11. The normalized spacial score (nSPS) is 12.4. The van der Waals surface area contributed by atoms with Crippen molar-refractivity contribution in [2.24, 2.45) is 0 Å². The fraction of sp³-hybridized carbons (Fsp3) is 0.294. The summed E-state index contributed by atoms with van der Waals surface area (Å²) in [5.74, 6) is 0. The Hall–Kier alpha value is -1.32. The smallest absolute Gasteiger partial charge is 0.0485 e. The SMILES string of the molecule is CC(Nc1ccc(CN(C)C)cc1)c1ccc(Br)cc1. The van der Waals surface area contributed by atoms with Crippen LogP contribution in [0.5, 0.6) is 0 Å². The van der Waals surface area contributed by atoms with E-state index in [4.69, 9.17) is 0 Å². The highest BCUT2D eigenvalue weighted by molar-refractivity contribution is 9.10. The first-order valence-corrected chi connectivity index (χ1v) is 7.59. The molecule has 106 valence electrons. The van der Waals surface area contributed by atoms with E-state index in [9.17, 15) is 0 Å². The Kier molecular flexibility index (Phi) is 5.21. The van der Waals surface area contributed by atoms with Gasteiger partial charge in [-0.05, 0) is 56.4 Å². The molecule has 0 radical (unpaired) electrons. The average molecular weight is 333 g/mol. The van der Waals surface area contributed by atoms with Gasteiger partial charge in [-0.1, -0.05) is 40.2 Å². The van der Waals surface area contributed by atoms with Crippen LogP contribution in [-0.2, 0) is 6.54 Å². The lowest BCUT2D eigenvalue weighted by Crippen LogP contribution is -2.11. The molecule has 1 atom stereocenters. The zero-order valence-corrected chi connectivity index (χ0v) is 13.8. The van der Waals surface area contributed by atoms with Gasteiger partial charge in [0.05, 0.1) is 0 Å². The van der Waals surface area contributed by atoms with Crippen LogP contribution in [0.1, 0.15) is 24.1 Å². The second-order valence-electron chi connectivity index (χ2n) is 5.35. The molecule has 0 aliphatic heterocycles. The van der Waals surface area contributed by atoms with Crippen molar-refractivity contribution < 1.29 is 0 Å². The highest BCUT2D eigenvalue weighted by atomic mass is 79.9. The van der Waals surface area contributed by atoms with E-state index in [0.29, 0.717) is 6.04 Å². The molecule has 2 aromatic carbocycles. The number of hydrogen-bond acceptors (Lipinski definition) is 2. The zero-order valence-electron chi connectivity index (χ0n) is 12.2. The lowest BCUT2D eigenvalue weighted by Gasteiger charge is -2.16. The molecule has 0 amide bonds. The minimum atomic E-state index is 0.294. The summed E-state index contributed by atoms with van der Waals surface area (Å²) in [4.78, 5) is 2.17. The molecule has 2 nitrogen and oxygen atoms in total. The first-order chi connectivity index (χ1) is 9.54. The third kappa shape index (κ3) is 4.36. The van der Waals surface area contributed by atoms with E-state index in [2.05, 4.69) is 95.7 Å². The van der Waals surface area contributed by atoms with E-state index in [1.54, 1.807) is 0 Å². The molecule has 0 aliphatic carbocycles. The van der Waals surface area contributed by atoms with Crippen LogP contribution in [0.15, 0.2) is 53.0 Å². The van der Waals surface area contributed by atoms with Crippen molar-refractivity contribution in [1.29, 1.82) is 0 Å². The van der Waals surface area contributed by atoms with Crippen LogP contribution in [-0.4, -0.2) is 19.0 Å². The third-order valence-corrected chi connectivity index (χ3v) is 3.73. The maximum Gasteiger partial charge on any atom is 0.0485 e. The molecule has 0 spiro atoms. The Labute approximate surface area is 129 Å². The zero-order chi connectivity index (χ0) is 14.5. The topological polar surface area (TPSA) is 15.3 Å². The standard InChI is InChI=1S/C17H21BrN2/c1-13(15-6-8-16(18)9-7-15)19-17-10-4-14(5-11-17)12-20(2)3/h4-11,13,19H,12H2,1-3H3. The van der Waals surface area contributed by atoms with Crippen LogP contribution in [0, 0.1) is 0 Å². The lowest BCUT2D eigenvalue weighted by molar-refractivity contribution is 0.402. The Morgan fingerprint density at radius 3 is 2.15 bits per heavy atom. The minimum absolute atomic E-state index is 0.294. The molecule has 0 fully saturated rings. The second kappa shape index (κ2) is 6.91. The number of nitrogens with one attached hydrogen (secondary N) is 1. The molecule has 2 aromatic rings. The van der Waals surface area contributed by atoms with Gasteiger partial charge in [0, 0.05) is 22.7 Å². The molecule has 1 unspecified atom stereocenters. The molecule has 0 saturated heterocycles. The van der Waals surface area contributed by atoms with Crippen LogP contribution in [0.25, 0.3) is 0 Å². The molecule has 0 aliphatic rings. The summed E-state index contributed by atoms with van der Waals surface area (Å²) in [5, 5.41) is 3.53. The van der Waals surface area contributed by atoms with E-state index in [1.165, 1.54) is 11.1 Å². The van der Waals surface area contributed by atoms with Crippen molar-refractivity contribution in [2.45, 2.75) is 19.5 Å².